The summed E-state index contributed by atoms with van der Waals surface area (Å²) in [5.41, 5.74) is 1.64. The van der Waals surface area contributed by atoms with Crippen molar-refractivity contribution in [2.24, 2.45) is 11.8 Å². The lowest BCUT2D eigenvalue weighted by Gasteiger charge is -2.19. The van der Waals surface area contributed by atoms with E-state index >= 15 is 0 Å². The van der Waals surface area contributed by atoms with Crippen LogP contribution in [0.1, 0.15) is 31.2 Å². The van der Waals surface area contributed by atoms with Gasteiger partial charge in [-0.3, -0.25) is 24.0 Å². The Bertz CT molecular complexity index is 838. The first-order valence-corrected chi connectivity index (χ1v) is 9.33. The zero-order chi connectivity index (χ0) is 18.8. The van der Waals surface area contributed by atoms with E-state index in [4.69, 9.17) is 0 Å². The molecule has 0 spiro atoms. The van der Waals surface area contributed by atoms with Crippen LogP contribution in [0.5, 0.6) is 0 Å². The van der Waals surface area contributed by atoms with Gasteiger partial charge >= 0.3 is 0 Å². The van der Waals surface area contributed by atoms with Gasteiger partial charge < -0.3 is 5.32 Å². The second kappa shape index (κ2) is 7.34. The molecule has 1 aromatic heterocycles. The Morgan fingerprint density at radius 2 is 1.85 bits per heavy atom. The topological polar surface area (TPSA) is 84.3 Å². The van der Waals surface area contributed by atoms with Crippen LogP contribution < -0.4 is 5.32 Å². The van der Waals surface area contributed by atoms with Gasteiger partial charge in [0.05, 0.1) is 18.4 Å². The van der Waals surface area contributed by atoms with Crippen LogP contribution in [0.15, 0.2) is 42.7 Å². The van der Waals surface area contributed by atoms with Crippen molar-refractivity contribution in [3.05, 3.63) is 48.3 Å². The van der Waals surface area contributed by atoms with Crippen LogP contribution in [0.25, 0.3) is 0 Å². The molecule has 27 heavy (non-hydrogen) atoms. The van der Waals surface area contributed by atoms with Gasteiger partial charge in [-0.2, -0.15) is 5.10 Å². The van der Waals surface area contributed by atoms with Crippen LogP contribution in [0.2, 0.25) is 0 Å². The van der Waals surface area contributed by atoms with E-state index in [1.54, 1.807) is 16.9 Å². The molecule has 1 saturated heterocycles. The number of nitrogens with zero attached hydrogens (tertiary/aromatic N) is 3. The minimum Gasteiger partial charge on any atom is -0.325 e. The van der Waals surface area contributed by atoms with Crippen molar-refractivity contribution < 1.29 is 14.4 Å². The molecule has 7 nitrogen and oxygen atoms in total. The van der Waals surface area contributed by atoms with Crippen molar-refractivity contribution in [3.63, 3.8) is 0 Å². The Labute approximate surface area is 157 Å². The van der Waals surface area contributed by atoms with E-state index < -0.39 is 0 Å². The number of hydrogen-bond donors (Lipinski definition) is 1. The minimum atomic E-state index is -0.355. The number of hydrogen-bond acceptors (Lipinski definition) is 4. The van der Waals surface area contributed by atoms with Crippen LogP contribution in [0.4, 0.5) is 5.69 Å². The van der Waals surface area contributed by atoms with Crippen molar-refractivity contribution in [1.29, 1.82) is 0 Å². The molecule has 0 bridgehead atoms. The molecule has 1 aromatic carbocycles. The monoisotopic (exact) mass is 366 g/mol. The average molecular weight is 366 g/mol. The zero-order valence-corrected chi connectivity index (χ0v) is 15.0. The largest absolute Gasteiger partial charge is 0.325 e. The molecule has 1 aliphatic heterocycles. The predicted octanol–water partition coefficient (Wildman–Crippen LogP) is 2.05. The number of anilines is 1. The van der Waals surface area contributed by atoms with Gasteiger partial charge in [0.15, 0.2) is 0 Å². The predicted molar refractivity (Wildman–Crippen MR) is 98.6 cm³/mol. The third-order valence-electron chi connectivity index (χ3n) is 5.35. The standard InChI is InChI=1S/C20H22N4O3/c25-18(13-24-19(26)16-7-1-2-8-17(16)20(24)27)22-15-6-3-5-14(11-15)12-23-10-4-9-21-23/h3-6,9-11,16-17H,1-2,7-8,12-13H2,(H,22,25)/t16-,17+. The molecular formula is C20H22N4O3. The molecule has 4 rings (SSSR count). The quantitative estimate of drug-likeness (QED) is 0.821. The van der Waals surface area contributed by atoms with Gasteiger partial charge in [-0.05, 0) is 36.6 Å². The Morgan fingerprint density at radius 1 is 1.11 bits per heavy atom. The summed E-state index contributed by atoms with van der Waals surface area (Å²) in [6, 6.07) is 9.32. The fraction of sp³-hybridized carbons (Fsp3) is 0.400. The molecule has 0 unspecified atom stereocenters. The van der Waals surface area contributed by atoms with E-state index in [-0.39, 0.29) is 36.1 Å². The molecule has 0 radical (unpaired) electrons. The highest BCUT2D eigenvalue weighted by molar-refractivity contribution is 6.08. The lowest BCUT2D eigenvalue weighted by Crippen LogP contribution is -2.38. The molecule has 2 heterocycles. The second-order valence-electron chi connectivity index (χ2n) is 7.21. The Hall–Kier alpha value is -2.96. The molecule has 7 heteroatoms. The summed E-state index contributed by atoms with van der Waals surface area (Å²) in [7, 11) is 0. The Kier molecular flexibility index (Phi) is 4.75. The van der Waals surface area contributed by atoms with Gasteiger partial charge in [-0.15, -0.1) is 0 Å². The normalized spacial score (nSPS) is 22.0. The van der Waals surface area contributed by atoms with Gasteiger partial charge in [0.2, 0.25) is 17.7 Å². The fourth-order valence-electron chi connectivity index (χ4n) is 4.06. The number of carbonyl (C=O) groups excluding carboxylic acids is 3. The summed E-state index contributed by atoms with van der Waals surface area (Å²) in [4.78, 5) is 38.5. The molecule has 1 N–H and O–H groups in total. The summed E-state index contributed by atoms with van der Waals surface area (Å²) in [5.74, 6) is -1.18. The first-order chi connectivity index (χ1) is 13.1. The molecule has 2 aromatic rings. The number of amides is 3. The molecular weight excluding hydrogens is 344 g/mol. The minimum absolute atomic E-state index is 0.188. The van der Waals surface area contributed by atoms with Crippen molar-refractivity contribution in [1.82, 2.24) is 14.7 Å². The number of fused-ring (bicyclic) bond motifs is 1. The summed E-state index contributed by atoms with van der Waals surface area (Å²) in [5, 5.41) is 6.97. The highest BCUT2D eigenvalue weighted by Crippen LogP contribution is 2.37. The van der Waals surface area contributed by atoms with Crippen molar-refractivity contribution >= 4 is 23.4 Å². The molecule has 2 aliphatic rings. The van der Waals surface area contributed by atoms with Crippen LogP contribution in [-0.4, -0.2) is 38.9 Å². The smallest absolute Gasteiger partial charge is 0.244 e. The highest BCUT2D eigenvalue weighted by atomic mass is 16.2. The van der Waals surface area contributed by atoms with E-state index in [1.807, 2.05) is 30.5 Å². The van der Waals surface area contributed by atoms with Crippen LogP contribution >= 0.6 is 0 Å². The molecule has 2 atom stereocenters. The SMILES string of the molecule is O=C(CN1C(=O)[C@H]2CCCC[C@H]2C1=O)Nc1cccc(Cn2cccn2)c1. The number of rotatable bonds is 5. The van der Waals surface area contributed by atoms with Crippen molar-refractivity contribution in [2.45, 2.75) is 32.2 Å². The molecule has 1 aliphatic carbocycles. The van der Waals surface area contributed by atoms with E-state index in [0.717, 1.165) is 36.1 Å². The maximum absolute atomic E-state index is 12.5. The highest BCUT2D eigenvalue weighted by Gasteiger charge is 2.48. The maximum Gasteiger partial charge on any atom is 0.244 e. The van der Waals surface area contributed by atoms with Gasteiger partial charge in [0, 0.05) is 18.1 Å². The van der Waals surface area contributed by atoms with Crippen LogP contribution in [-0.2, 0) is 20.9 Å². The van der Waals surface area contributed by atoms with E-state index in [1.165, 1.54) is 0 Å². The Balaban J connectivity index is 1.39. The molecule has 2 fully saturated rings. The van der Waals surface area contributed by atoms with Crippen molar-refractivity contribution in [2.75, 3.05) is 11.9 Å². The molecule has 1 saturated carbocycles. The number of imide groups is 1. The maximum atomic E-state index is 12.5. The number of nitrogens with one attached hydrogen (secondary N) is 1. The number of benzene rings is 1. The van der Waals surface area contributed by atoms with Crippen LogP contribution in [0, 0.1) is 11.8 Å². The van der Waals surface area contributed by atoms with Crippen LogP contribution in [0.3, 0.4) is 0 Å². The van der Waals surface area contributed by atoms with Gasteiger partial charge in [-0.1, -0.05) is 25.0 Å². The van der Waals surface area contributed by atoms with E-state index in [0.29, 0.717) is 12.2 Å². The Morgan fingerprint density at radius 3 is 2.52 bits per heavy atom. The average Bonchev–Trinajstić information content (AvgIpc) is 3.25. The van der Waals surface area contributed by atoms with E-state index in [2.05, 4.69) is 10.4 Å². The lowest BCUT2D eigenvalue weighted by molar-refractivity contribution is -0.142. The first kappa shape index (κ1) is 17.5. The third kappa shape index (κ3) is 3.63. The molecule has 3 amide bonds. The second-order valence-corrected chi connectivity index (χ2v) is 7.21. The lowest BCUT2D eigenvalue weighted by atomic mass is 9.81. The van der Waals surface area contributed by atoms with E-state index in [9.17, 15) is 14.4 Å². The first-order valence-electron chi connectivity index (χ1n) is 9.33. The summed E-state index contributed by atoms with van der Waals surface area (Å²) < 4.78 is 1.80. The fourth-order valence-corrected chi connectivity index (χ4v) is 4.06. The van der Waals surface area contributed by atoms with Gasteiger partial charge in [0.1, 0.15) is 6.54 Å². The van der Waals surface area contributed by atoms with Gasteiger partial charge in [0.25, 0.3) is 0 Å². The van der Waals surface area contributed by atoms with Gasteiger partial charge in [-0.25, -0.2) is 0 Å². The third-order valence-corrected chi connectivity index (χ3v) is 5.35. The zero-order valence-electron chi connectivity index (χ0n) is 15.0. The summed E-state index contributed by atoms with van der Waals surface area (Å²) in [6.07, 6.45) is 7.04. The molecule has 140 valence electrons. The number of aromatic nitrogens is 2. The number of carbonyl (C=O) groups is 3. The summed E-state index contributed by atoms with van der Waals surface area (Å²) in [6.45, 7) is 0.386. The number of likely N-dealkylation sites (tertiary alicyclic amines) is 1. The summed E-state index contributed by atoms with van der Waals surface area (Å²) >= 11 is 0. The van der Waals surface area contributed by atoms with Crippen molar-refractivity contribution in [3.8, 4) is 0 Å².